The third-order valence-corrected chi connectivity index (χ3v) is 3.65. The van der Waals surface area contributed by atoms with Gasteiger partial charge in [-0.25, -0.2) is 4.98 Å². The predicted molar refractivity (Wildman–Crippen MR) is 81.2 cm³/mol. The van der Waals surface area contributed by atoms with Gasteiger partial charge in [0.2, 0.25) is 11.8 Å². The molecule has 0 spiro atoms. The fraction of sp³-hybridized carbons (Fsp3) is 0.467. The number of anilines is 1. The molecule has 0 radical (unpaired) electrons. The molecular formula is C15H20N4O3. The lowest BCUT2D eigenvalue weighted by Gasteiger charge is -2.29. The zero-order valence-electron chi connectivity index (χ0n) is 13.0. The first-order valence-electron chi connectivity index (χ1n) is 7.41. The number of pyridine rings is 1. The summed E-state index contributed by atoms with van der Waals surface area (Å²) < 4.78 is 0. The zero-order valence-corrected chi connectivity index (χ0v) is 13.0. The molecule has 3 rings (SSSR count). The molecule has 2 aliphatic rings. The molecule has 7 nitrogen and oxygen atoms in total. The van der Waals surface area contributed by atoms with E-state index < -0.39 is 11.9 Å². The standard InChI is InChI=1S/C13H14N4O3.C2H6/c1-14-8-4-7-6-17(13(20)11(7)15-5-8)9-2-3-10(18)16-12(9)19;1-2/h4-5,9,14H,2-3,6H2,1H3,(H,16,18,19);1-2H3. The maximum atomic E-state index is 12.3. The number of aromatic nitrogens is 1. The highest BCUT2D eigenvalue weighted by Gasteiger charge is 2.39. The largest absolute Gasteiger partial charge is 0.387 e. The minimum absolute atomic E-state index is 0.253. The van der Waals surface area contributed by atoms with E-state index in [0.717, 1.165) is 11.3 Å². The summed E-state index contributed by atoms with van der Waals surface area (Å²) in [5.41, 5.74) is 2.00. The van der Waals surface area contributed by atoms with Crippen molar-refractivity contribution >= 4 is 23.4 Å². The second-order valence-corrected chi connectivity index (χ2v) is 4.88. The number of imide groups is 1. The Bertz CT molecular complexity index is 615. The number of fused-ring (bicyclic) bond motifs is 1. The highest BCUT2D eigenvalue weighted by molar-refractivity contribution is 6.04. The van der Waals surface area contributed by atoms with Crippen molar-refractivity contribution < 1.29 is 14.4 Å². The van der Waals surface area contributed by atoms with Gasteiger partial charge in [0.25, 0.3) is 5.91 Å². The fourth-order valence-electron chi connectivity index (χ4n) is 2.58. The Morgan fingerprint density at radius 3 is 2.68 bits per heavy atom. The maximum absolute atomic E-state index is 12.3. The molecule has 7 heteroatoms. The number of rotatable bonds is 2. The van der Waals surface area contributed by atoms with Gasteiger partial charge >= 0.3 is 0 Å². The Morgan fingerprint density at radius 1 is 1.32 bits per heavy atom. The first-order valence-corrected chi connectivity index (χ1v) is 7.41. The molecule has 1 unspecified atom stereocenters. The van der Waals surface area contributed by atoms with Gasteiger partial charge in [-0.3, -0.25) is 19.7 Å². The van der Waals surface area contributed by atoms with E-state index in [9.17, 15) is 14.4 Å². The summed E-state index contributed by atoms with van der Waals surface area (Å²) in [6.45, 7) is 4.35. The molecule has 0 bridgehead atoms. The molecule has 1 aromatic heterocycles. The smallest absolute Gasteiger partial charge is 0.273 e. The summed E-state index contributed by atoms with van der Waals surface area (Å²) >= 11 is 0. The first kappa shape index (κ1) is 15.9. The molecule has 3 amide bonds. The second-order valence-electron chi connectivity index (χ2n) is 4.88. The number of carbonyl (C=O) groups excluding carboxylic acids is 3. The molecule has 1 saturated heterocycles. The number of piperidine rings is 1. The van der Waals surface area contributed by atoms with E-state index in [-0.39, 0.29) is 18.2 Å². The van der Waals surface area contributed by atoms with Crippen LogP contribution in [-0.4, -0.2) is 40.7 Å². The lowest BCUT2D eigenvalue weighted by Crippen LogP contribution is -2.52. The van der Waals surface area contributed by atoms with Crippen molar-refractivity contribution in [1.29, 1.82) is 0 Å². The molecular weight excluding hydrogens is 284 g/mol. The number of carbonyl (C=O) groups is 3. The molecule has 1 atom stereocenters. The van der Waals surface area contributed by atoms with Crippen LogP contribution in [0.4, 0.5) is 5.69 Å². The van der Waals surface area contributed by atoms with Crippen LogP contribution in [0, 0.1) is 0 Å². The van der Waals surface area contributed by atoms with Crippen LogP contribution >= 0.6 is 0 Å². The Balaban J connectivity index is 0.000000847. The molecule has 0 saturated carbocycles. The van der Waals surface area contributed by atoms with Crippen molar-refractivity contribution in [1.82, 2.24) is 15.2 Å². The van der Waals surface area contributed by atoms with Gasteiger partial charge in [-0.1, -0.05) is 13.8 Å². The van der Waals surface area contributed by atoms with Crippen LogP contribution in [0.2, 0.25) is 0 Å². The Hall–Kier alpha value is -2.44. The minimum Gasteiger partial charge on any atom is -0.387 e. The van der Waals surface area contributed by atoms with E-state index >= 15 is 0 Å². The molecule has 1 fully saturated rings. The van der Waals surface area contributed by atoms with Gasteiger partial charge in [0, 0.05) is 25.6 Å². The number of nitrogens with one attached hydrogen (secondary N) is 2. The molecule has 3 heterocycles. The number of hydrogen-bond acceptors (Lipinski definition) is 5. The van der Waals surface area contributed by atoms with Crippen molar-refractivity contribution in [3.05, 3.63) is 23.5 Å². The Morgan fingerprint density at radius 2 is 2.05 bits per heavy atom. The highest BCUT2D eigenvalue weighted by Crippen LogP contribution is 2.27. The molecule has 0 aliphatic carbocycles. The van der Waals surface area contributed by atoms with Crippen LogP contribution < -0.4 is 10.6 Å². The SMILES string of the molecule is CC.CNc1cnc2c(c1)CN(C1CCC(=O)NC1=O)C2=O. The quantitative estimate of drug-likeness (QED) is 0.793. The summed E-state index contributed by atoms with van der Waals surface area (Å²) in [7, 11) is 1.78. The van der Waals surface area contributed by atoms with Crippen molar-refractivity contribution in [2.75, 3.05) is 12.4 Å². The van der Waals surface area contributed by atoms with E-state index in [4.69, 9.17) is 0 Å². The van der Waals surface area contributed by atoms with Crippen molar-refractivity contribution in [2.24, 2.45) is 0 Å². The van der Waals surface area contributed by atoms with Gasteiger partial charge in [-0.05, 0) is 12.5 Å². The van der Waals surface area contributed by atoms with Crippen LogP contribution in [0.15, 0.2) is 12.3 Å². The molecule has 0 aromatic carbocycles. The van der Waals surface area contributed by atoms with E-state index in [1.54, 1.807) is 13.2 Å². The number of nitrogens with zero attached hydrogens (tertiary/aromatic N) is 2. The summed E-state index contributed by atoms with van der Waals surface area (Å²) in [5, 5.41) is 5.24. The number of hydrogen-bond donors (Lipinski definition) is 2. The topological polar surface area (TPSA) is 91.4 Å². The van der Waals surface area contributed by atoms with Crippen LogP contribution in [0.5, 0.6) is 0 Å². The van der Waals surface area contributed by atoms with E-state index in [2.05, 4.69) is 15.6 Å². The van der Waals surface area contributed by atoms with E-state index in [1.807, 2.05) is 19.9 Å². The van der Waals surface area contributed by atoms with Crippen molar-refractivity contribution in [3.63, 3.8) is 0 Å². The van der Waals surface area contributed by atoms with Crippen molar-refractivity contribution in [2.45, 2.75) is 39.3 Å². The second kappa shape index (κ2) is 6.55. The Labute approximate surface area is 129 Å². The van der Waals surface area contributed by atoms with Crippen LogP contribution in [0.1, 0.15) is 42.7 Å². The normalized spacial score (nSPS) is 20.0. The van der Waals surface area contributed by atoms with Gasteiger partial charge in [0.05, 0.1) is 11.9 Å². The summed E-state index contributed by atoms with van der Waals surface area (Å²) in [6.07, 6.45) is 2.21. The monoisotopic (exact) mass is 304 g/mol. The molecule has 1 aromatic rings. The minimum atomic E-state index is -0.590. The van der Waals surface area contributed by atoms with Gasteiger partial charge in [0.1, 0.15) is 11.7 Å². The molecule has 22 heavy (non-hydrogen) atoms. The first-order chi connectivity index (χ1) is 10.6. The molecule has 2 N–H and O–H groups in total. The van der Waals surface area contributed by atoms with Gasteiger partial charge in [0.15, 0.2) is 0 Å². The third-order valence-electron chi connectivity index (χ3n) is 3.65. The van der Waals surface area contributed by atoms with Gasteiger partial charge in [-0.15, -0.1) is 0 Å². The van der Waals surface area contributed by atoms with E-state index in [0.29, 0.717) is 18.7 Å². The maximum Gasteiger partial charge on any atom is 0.273 e. The molecule has 2 aliphatic heterocycles. The lowest BCUT2D eigenvalue weighted by atomic mass is 10.0. The average Bonchev–Trinajstić information content (AvgIpc) is 2.85. The summed E-state index contributed by atoms with van der Waals surface area (Å²) in [4.78, 5) is 40.9. The molecule has 118 valence electrons. The summed E-state index contributed by atoms with van der Waals surface area (Å²) in [5.74, 6) is -0.945. The van der Waals surface area contributed by atoms with Crippen LogP contribution in [-0.2, 0) is 16.1 Å². The van der Waals surface area contributed by atoms with E-state index in [1.165, 1.54) is 4.90 Å². The average molecular weight is 304 g/mol. The third kappa shape index (κ3) is 2.79. The summed E-state index contributed by atoms with van der Waals surface area (Å²) in [6, 6.07) is 1.26. The van der Waals surface area contributed by atoms with Gasteiger partial charge in [-0.2, -0.15) is 0 Å². The zero-order chi connectivity index (χ0) is 16.3. The van der Waals surface area contributed by atoms with Crippen molar-refractivity contribution in [3.8, 4) is 0 Å². The Kier molecular flexibility index (Phi) is 4.75. The fourth-order valence-corrected chi connectivity index (χ4v) is 2.58. The lowest BCUT2D eigenvalue weighted by molar-refractivity contribution is -0.136. The predicted octanol–water partition coefficient (Wildman–Crippen LogP) is 0.910. The van der Waals surface area contributed by atoms with Crippen LogP contribution in [0.25, 0.3) is 0 Å². The van der Waals surface area contributed by atoms with Crippen LogP contribution in [0.3, 0.4) is 0 Å². The highest BCUT2D eigenvalue weighted by atomic mass is 16.2. The number of amides is 3. The van der Waals surface area contributed by atoms with Gasteiger partial charge < -0.3 is 10.2 Å².